The number of amides is 2. The zero-order valence-electron chi connectivity index (χ0n) is 23.7. The van der Waals surface area contributed by atoms with E-state index >= 15 is 0 Å². The number of aromatic nitrogens is 1. The lowest BCUT2D eigenvalue weighted by Crippen LogP contribution is -2.68. The number of rotatable bonds is 7. The minimum atomic E-state index is -1.12. The van der Waals surface area contributed by atoms with Gasteiger partial charge in [0, 0.05) is 49.5 Å². The highest BCUT2D eigenvalue weighted by Gasteiger charge is 2.56. The number of carbonyl (C=O) groups excluding carboxylic acids is 2. The van der Waals surface area contributed by atoms with Crippen LogP contribution in [0.2, 0.25) is 0 Å². The van der Waals surface area contributed by atoms with Crippen molar-refractivity contribution in [1.29, 1.82) is 0 Å². The number of fused-ring (bicyclic) bond motifs is 5. The SMILES string of the molecule is COc1cc([C@H]2CN3C(=O)CN(CCN4CCOCC4)C(=O)[C@]3(C)c3[nH]c4ccccc4c32)ccc1OC(C)C. The Morgan fingerprint density at radius 2 is 1.85 bits per heavy atom. The van der Waals surface area contributed by atoms with Crippen LogP contribution in [0, 0.1) is 0 Å². The molecule has 9 heteroatoms. The van der Waals surface area contributed by atoms with E-state index < -0.39 is 5.54 Å². The highest BCUT2D eigenvalue weighted by molar-refractivity contribution is 6.01. The lowest BCUT2D eigenvalue weighted by molar-refractivity contribution is -0.166. The topological polar surface area (TPSA) is 87.3 Å². The van der Waals surface area contributed by atoms with Gasteiger partial charge in [-0.05, 0) is 50.1 Å². The van der Waals surface area contributed by atoms with Crippen molar-refractivity contribution in [3.05, 3.63) is 59.3 Å². The number of nitrogens with one attached hydrogen (secondary N) is 1. The van der Waals surface area contributed by atoms with Crippen LogP contribution in [0.25, 0.3) is 10.9 Å². The molecule has 4 heterocycles. The second-order valence-electron chi connectivity index (χ2n) is 11.3. The summed E-state index contributed by atoms with van der Waals surface area (Å²) in [7, 11) is 1.64. The molecule has 3 aliphatic heterocycles. The molecule has 2 fully saturated rings. The monoisotopic (exact) mass is 546 g/mol. The summed E-state index contributed by atoms with van der Waals surface area (Å²) in [6.45, 7) is 10.7. The van der Waals surface area contributed by atoms with E-state index in [0.29, 0.717) is 37.8 Å². The second-order valence-corrected chi connectivity index (χ2v) is 11.3. The van der Waals surface area contributed by atoms with Gasteiger partial charge in [-0.1, -0.05) is 24.3 Å². The van der Waals surface area contributed by atoms with Crippen molar-refractivity contribution in [2.24, 2.45) is 0 Å². The molecule has 2 saturated heterocycles. The Balaban J connectivity index is 1.41. The van der Waals surface area contributed by atoms with E-state index in [0.717, 1.165) is 47.4 Å². The standard InChI is InChI=1S/C31H38N4O5/c1-20(2)40-25-10-9-21(17-26(25)38-4)23-18-35-27(36)19-34(12-11-33-13-15-39-16-14-33)30(37)31(35,3)29-28(23)22-7-5-6-8-24(22)32-29/h5-10,17,20,23,32H,11-16,18-19H2,1-4H3/t23-,31+/m1/s1. The molecule has 0 unspecified atom stereocenters. The summed E-state index contributed by atoms with van der Waals surface area (Å²) in [5.74, 6) is 1.12. The quantitative estimate of drug-likeness (QED) is 0.489. The number of piperazine rings is 1. The van der Waals surface area contributed by atoms with Crippen LogP contribution in [0.15, 0.2) is 42.5 Å². The molecule has 212 valence electrons. The molecule has 2 atom stereocenters. The smallest absolute Gasteiger partial charge is 0.254 e. The fraction of sp³-hybridized carbons (Fsp3) is 0.484. The molecular formula is C31H38N4O5. The number of benzene rings is 2. The summed E-state index contributed by atoms with van der Waals surface area (Å²) in [5.41, 5.74) is 2.70. The molecule has 9 nitrogen and oxygen atoms in total. The van der Waals surface area contributed by atoms with Gasteiger partial charge < -0.3 is 29.0 Å². The summed E-state index contributed by atoms with van der Waals surface area (Å²) in [6, 6.07) is 14.1. The van der Waals surface area contributed by atoms with Crippen LogP contribution in [0.3, 0.4) is 0 Å². The molecule has 40 heavy (non-hydrogen) atoms. The van der Waals surface area contributed by atoms with Gasteiger partial charge in [0.2, 0.25) is 5.91 Å². The van der Waals surface area contributed by atoms with Crippen molar-refractivity contribution in [3.8, 4) is 11.5 Å². The lowest BCUT2D eigenvalue weighted by Gasteiger charge is -2.51. The molecule has 2 aromatic carbocycles. The maximum absolute atomic E-state index is 14.3. The predicted molar refractivity (Wildman–Crippen MR) is 152 cm³/mol. The van der Waals surface area contributed by atoms with Gasteiger partial charge >= 0.3 is 0 Å². The number of methoxy groups -OCH3 is 1. The van der Waals surface area contributed by atoms with E-state index in [-0.39, 0.29) is 30.4 Å². The number of hydrogen-bond donors (Lipinski definition) is 1. The summed E-state index contributed by atoms with van der Waals surface area (Å²) >= 11 is 0. The number of nitrogens with zero attached hydrogens (tertiary/aromatic N) is 3. The highest BCUT2D eigenvalue weighted by Crippen LogP contribution is 2.49. The maximum atomic E-state index is 14.3. The fourth-order valence-electron chi connectivity index (χ4n) is 6.49. The van der Waals surface area contributed by atoms with Gasteiger partial charge in [-0.15, -0.1) is 0 Å². The van der Waals surface area contributed by atoms with E-state index in [9.17, 15) is 9.59 Å². The van der Waals surface area contributed by atoms with Crippen molar-refractivity contribution in [2.75, 3.05) is 59.6 Å². The molecule has 0 saturated carbocycles. The van der Waals surface area contributed by atoms with Crippen molar-refractivity contribution >= 4 is 22.7 Å². The summed E-state index contributed by atoms with van der Waals surface area (Å²) < 4.78 is 17.1. The summed E-state index contributed by atoms with van der Waals surface area (Å²) in [6.07, 6.45) is 0.0125. The molecule has 1 aromatic heterocycles. The predicted octanol–water partition coefficient (Wildman–Crippen LogP) is 3.33. The summed E-state index contributed by atoms with van der Waals surface area (Å²) in [5, 5.41) is 1.07. The molecule has 0 bridgehead atoms. The average molecular weight is 547 g/mol. The Hall–Kier alpha value is -3.56. The van der Waals surface area contributed by atoms with E-state index in [1.807, 2.05) is 57.2 Å². The molecule has 0 spiro atoms. The van der Waals surface area contributed by atoms with Gasteiger partial charge in [0.05, 0.1) is 38.7 Å². The van der Waals surface area contributed by atoms with Crippen molar-refractivity contribution in [1.82, 2.24) is 19.7 Å². The molecular weight excluding hydrogens is 508 g/mol. The molecule has 1 N–H and O–H groups in total. The number of H-pyrrole nitrogens is 1. The van der Waals surface area contributed by atoms with E-state index in [2.05, 4.69) is 16.0 Å². The number of aromatic amines is 1. The van der Waals surface area contributed by atoms with Crippen LogP contribution in [0.4, 0.5) is 0 Å². The van der Waals surface area contributed by atoms with Gasteiger partial charge in [0.1, 0.15) is 0 Å². The zero-order chi connectivity index (χ0) is 28.0. The number of ether oxygens (including phenoxy) is 3. The fourth-order valence-corrected chi connectivity index (χ4v) is 6.49. The van der Waals surface area contributed by atoms with E-state index in [1.165, 1.54) is 0 Å². The summed E-state index contributed by atoms with van der Waals surface area (Å²) in [4.78, 5) is 37.4. The first-order valence-electron chi connectivity index (χ1n) is 14.2. The third-order valence-electron chi connectivity index (χ3n) is 8.56. The second kappa shape index (κ2) is 10.4. The zero-order valence-corrected chi connectivity index (χ0v) is 23.7. The maximum Gasteiger partial charge on any atom is 0.254 e. The van der Waals surface area contributed by atoms with Gasteiger partial charge in [-0.2, -0.15) is 0 Å². The van der Waals surface area contributed by atoms with Crippen molar-refractivity contribution < 1.29 is 23.8 Å². The minimum Gasteiger partial charge on any atom is -0.493 e. The minimum absolute atomic E-state index is 0.0125. The van der Waals surface area contributed by atoms with Gasteiger partial charge in [0.25, 0.3) is 5.91 Å². The molecule has 0 aliphatic carbocycles. The normalized spacial score (nSPS) is 23.5. The molecule has 3 aliphatic rings. The van der Waals surface area contributed by atoms with Gasteiger partial charge in [-0.3, -0.25) is 14.5 Å². The van der Waals surface area contributed by atoms with Crippen LogP contribution >= 0.6 is 0 Å². The van der Waals surface area contributed by atoms with Crippen LogP contribution < -0.4 is 9.47 Å². The molecule has 2 amide bonds. The van der Waals surface area contributed by atoms with Crippen LogP contribution in [-0.4, -0.2) is 97.2 Å². The average Bonchev–Trinajstić information content (AvgIpc) is 3.36. The van der Waals surface area contributed by atoms with Crippen LogP contribution in [0.5, 0.6) is 11.5 Å². The molecule has 3 aromatic rings. The first-order valence-corrected chi connectivity index (χ1v) is 14.2. The molecule has 6 rings (SSSR count). The van der Waals surface area contributed by atoms with Crippen LogP contribution in [0.1, 0.15) is 43.5 Å². The first kappa shape index (κ1) is 26.7. The lowest BCUT2D eigenvalue weighted by atomic mass is 9.76. The third-order valence-corrected chi connectivity index (χ3v) is 8.56. The first-order chi connectivity index (χ1) is 19.3. The van der Waals surface area contributed by atoms with E-state index in [4.69, 9.17) is 14.2 Å². The number of morpholine rings is 1. The Labute approximate surface area is 235 Å². The van der Waals surface area contributed by atoms with Gasteiger partial charge in [0.15, 0.2) is 17.0 Å². The Morgan fingerprint density at radius 3 is 2.60 bits per heavy atom. The van der Waals surface area contributed by atoms with Crippen molar-refractivity contribution in [3.63, 3.8) is 0 Å². The highest BCUT2D eigenvalue weighted by atomic mass is 16.5. The Morgan fingerprint density at radius 1 is 1.07 bits per heavy atom. The molecule has 0 radical (unpaired) electrons. The van der Waals surface area contributed by atoms with E-state index in [1.54, 1.807) is 16.9 Å². The third kappa shape index (κ3) is 4.41. The van der Waals surface area contributed by atoms with Gasteiger partial charge in [-0.25, -0.2) is 0 Å². The van der Waals surface area contributed by atoms with Crippen molar-refractivity contribution in [2.45, 2.75) is 38.3 Å². The number of carbonyl (C=O) groups is 2. The van der Waals surface area contributed by atoms with Crippen LogP contribution in [-0.2, 0) is 19.9 Å². The number of para-hydroxylation sites is 1. The number of hydrogen-bond acceptors (Lipinski definition) is 6. The largest absolute Gasteiger partial charge is 0.493 e. The Kier molecular flexibility index (Phi) is 6.96. The Bertz CT molecular complexity index is 1430.